The summed E-state index contributed by atoms with van der Waals surface area (Å²) in [6, 6.07) is 4.60. The molecule has 0 spiro atoms. The summed E-state index contributed by atoms with van der Waals surface area (Å²) in [5.74, 6) is 0.627. The van der Waals surface area contributed by atoms with Crippen molar-refractivity contribution in [3.05, 3.63) is 28.8 Å². The van der Waals surface area contributed by atoms with Gasteiger partial charge in [-0.15, -0.1) is 0 Å². The van der Waals surface area contributed by atoms with Crippen molar-refractivity contribution in [2.24, 2.45) is 5.92 Å². The van der Waals surface area contributed by atoms with Gasteiger partial charge in [-0.2, -0.15) is 0 Å². The monoisotopic (exact) mass is 281 g/mol. The van der Waals surface area contributed by atoms with Gasteiger partial charge >= 0.3 is 0 Å². The molecule has 19 heavy (non-hydrogen) atoms. The van der Waals surface area contributed by atoms with Crippen LogP contribution in [0.5, 0.6) is 5.75 Å². The molecule has 1 aromatic rings. The number of carbonyl (C=O) groups is 1. The third-order valence-corrected chi connectivity index (χ3v) is 4.02. The number of hydrogen-bond acceptors (Lipinski definition) is 2. The third kappa shape index (κ3) is 3.41. The molecular weight excluding hydrogens is 262 g/mol. The maximum atomic E-state index is 12.3. The second kappa shape index (κ2) is 6.29. The Labute approximate surface area is 119 Å². The van der Waals surface area contributed by atoms with Crippen LogP contribution >= 0.6 is 11.6 Å². The molecule has 1 N–H and O–H groups in total. The lowest BCUT2D eigenvalue weighted by molar-refractivity contribution is 0.0683. The molecule has 0 aliphatic carbocycles. The smallest absolute Gasteiger partial charge is 0.257 e. The highest BCUT2D eigenvalue weighted by Crippen LogP contribution is 2.26. The number of piperidine rings is 1. The molecule has 0 unspecified atom stereocenters. The Balaban J connectivity index is 2.03. The van der Waals surface area contributed by atoms with Crippen molar-refractivity contribution in [2.75, 3.05) is 13.1 Å². The second-order valence-corrected chi connectivity index (χ2v) is 5.62. The molecule has 1 fully saturated rings. The van der Waals surface area contributed by atoms with Crippen LogP contribution in [-0.4, -0.2) is 29.0 Å². The van der Waals surface area contributed by atoms with E-state index in [1.54, 1.807) is 6.07 Å². The number of nitrogens with zero attached hydrogens (tertiary/aromatic N) is 1. The summed E-state index contributed by atoms with van der Waals surface area (Å²) in [5.41, 5.74) is 0.307. The minimum absolute atomic E-state index is 0.00471. The summed E-state index contributed by atoms with van der Waals surface area (Å²) < 4.78 is 0. The molecule has 1 aliphatic heterocycles. The van der Waals surface area contributed by atoms with Crippen molar-refractivity contribution < 1.29 is 9.90 Å². The molecule has 1 heterocycles. The van der Waals surface area contributed by atoms with Gasteiger partial charge in [0.05, 0.1) is 5.56 Å². The van der Waals surface area contributed by atoms with Crippen molar-refractivity contribution in [3.8, 4) is 5.75 Å². The van der Waals surface area contributed by atoms with E-state index in [1.165, 1.54) is 25.0 Å². The molecule has 1 amide bonds. The van der Waals surface area contributed by atoms with Gasteiger partial charge < -0.3 is 10.0 Å². The summed E-state index contributed by atoms with van der Waals surface area (Å²) in [7, 11) is 0. The van der Waals surface area contributed by atoms with Gasteiger partial charge in [-0.25, -0.2) is 0 Å². The highest BCUT2D eigenvalue weighted by molar-refractivity contribution is 6.31. The molecule has 3 nitrogen and oxygen atoms in total. The molecule has 4 heteroatoms. The first kappa shape index (κ1) is 14.2. The van der Waals surface area contributed by atoms with Gasteiger partial charge in [-0.05, 0) is 37.0 Å². The molecule has 0 saturated carbocycles. The number of aromatic hydroxyl groups is 1. The Kier molecular flexibility index (Phi) is 4.70. The lowest BCUT2D eigenvalue weighted by Crippen LogP contribution is -2.38. The third-order valence-electron chi connectivity index (χ3n) is 3.79. The summed E-state index contributed by atoms with van der Waals surface area (Å²) in [6.45, 7) is 3.74. The number of phenolic OH excluding ortho intramolecular Hbond substituents is 1. The van der Waals surface area contributed by atoms with Crippen LogP contribution in [0.3, 0.4) is 0 Å². The Hall–Kier alpha value is -1.22. The van der Waals surface area contributed by atoms with Gasteiger partial charge in [0, 0.05) is 18.1 Å². The van der Waals surface area contributed by atoms with E-state index in [9.17, 15) is 9.90 Å². The maximum Gasteiger partial charge on any atom is 0.257 e. The Morgan fingerprint density at radius 3 is 2.74 bits per heavy atom. The van der Waals surface area contributed by atoms with E-state index in [0.29, 0.717) is 10.6 Å². The maximum absolute atomic E-state index is 12.3. The van der Waals surface area contributed by atoms with Gasteiger partial charge in [0.1, 0.15) is 5.75 Å². The summed E-state index contributed by atoms with van der Waals surface area (Å²) >= 11 is 5.88. The molecule has 1 aliphatic rings. The van der Waals surface area contributed by atoms with E-state index in [2.05, 4.69) is 6.92 Å². The molecule has 0 radical (unpaired) electrons. The number of hydrogen-bond donors (Lipinski definition) is 1. The quantitative estimate of drug-likeness (QED) is 0.918. The fraction of sp³-hybridized carbons (Fsp3) is 0.533. The highest BCUT2D eigenvalue weighted by atomic mass is 35.5. The number of carbonyl (C=O) groups excluding carboxylic acids is 1. The first-order valence-electron chi connectivity index (χ1n) is 6.89. The van der Waals surface area contributed by atoms with E-state index in [1.807, 2.05) is 4.90 Å². The average molecular weight is 282 g/mol. The molecular formula is C15H20ClNO2. The number of amides is 1. The van der Waals surface area contributed by atoms with Crippen LogP contribution in [0, 0.1) is 5.92 Å². The predicted octanol–water partition coefficient (Wildman–Crippen LogP) is 3.70. The van der Waals surface area contributed by atoms with E-state index in [4.69, 9.17) is 11.6 Å². The zero-order valence-corrected chi connectivity index (χ0v) is 12.0. The van der Waals surface area contributed by atoms with Gasteiger partial charge in [0.2, 0.25) is 0 Å². The minimum atomic E-state index is -0.116. The van der Waals surface area contributed by atoms with Crippen LogP contribution < -0.4 is 0 Å². The second-order valence-electron chi connectivity index (χ2n) is 5.19. The first-order valence-corrected chi connectivity index (χ1v) is 7.27. The van der Waals surface area contributed by atoms with Gasteiger partial charge in [-0.3, -0.25) is 4.79 Å². The Bertz CT molecular complexity index is 453. The normalized spacial score (nSPS) is 16.6. The van der Waals surface area contributed by atoms with Gasteiger partial charge in [0.25, 0.3) is 5.91 Å². The summed E-state index contributed by atoms with van der Waals surface area (Å²) in [6.07, 6.45) is 4.56. The largest absolute Gasteiger partial charge is 0.507 e. The van der Waals surface area contributed by atoms with Crippen molar-refractivity contribution in [1.82, 2.24) is 4.90 Å². The van der Waals surface area contributed by atoms with Crippen LogP contribution in [0.4, 0.5) is 0 Å². The van der Waals surface area contributed by atoms with Crippen LogP contribution in [0.1, 0.15) is 43.0 Å². The highest BCUT2D eigenvalue weighted by Gasteiger charge is 2.24. The molecule has 104 valence electrons. The molecule has 1 aromatic carbocycles. The van der Waals surface area contributed by atoms with Crippen molar-refractivity contribution in [3.63, 3.8) is 0 Å². The van der Waals surface area contributed by atoms with E-state index in [0.717, 1.165) is 31.8 Å². The van der Waals surface area contributed by atoms with Crippen LogP contribution in [0.15, 0.2) is 18.2 Å². The first-order chi connectivity index (χ1) is 9.11. The SMILES string of the molecule is CCCC1CCN(C(=O)c2cc(Cl)ccc2O)CC1. The zero-order chi connectivity index (χ0) is 13.8. The van der Waals surface area contributed by atoms with Crippen LogP contribution in [-0.2, 0) is 0 Å². The standard InChI is InChI=1S/C15H20ClNO2/c1-2-3-11-6-8-17(9-7-11)15(19)13-10-12(16)4-5-14(13)18/h4-5,10-11,18H,2-3,6-9H2,1H3. The van der Waals surface area contributed by atoms with Gasteiger partial charge in [-0.1, -0.05) is 31.4 Å². The Morgan fingerprint density at radius 2 is 2.11 bits per heavy atom. The topological polar surface area (TPSA) is 40.5 Å². The van der Waals surface area contributed by atoms with Crippen molar-refractivity contribution >= 4 is 17.5 Å². The molecule has 0 bridgehead atoms. The van der Waals surface area contributed by atoms with E-state index in [-0.39, 0.29) is 11.7 Å². The number of phenols is 1. The number of benzene rings is 1. The minimum Gasteiger partial charge on any atom is -0.507 e. The van der Waals surface area contributed by atoms with Gasteiger partial charge in [0.15, 0.2) is 0 Å². The fourth-order valence-corrected chi connectivity index (χ4v) is 2.85. The number of halogens is 1. The summed E-state index contributed by atoms with van der Waals surface area (Å²) in [4.78, 5) is 14.2. The molecule has 0 atom stereocenters. The van der Waals surface area contributed by atoms with Crippen LogP contribution in [0.25, 0.3) is 0 Å². The number of likely N-dealkylation sites (tertiary alicyclic amines) is 1. The average Bonchev–Trinajstić information content (AvgIpc) is 2.42. The lowest BCUT2D eigenvalue weighted by atomic mass is 9.92. The fourth-order valence-electron chi connectivity index (χ4n) is 2.68. The molecule has 2 rings (SSSR count). The van der Waals surface area contributed by atoms with Crippen LogP contribution in [0.2, 0.25) is 5.02 Å². The molecule has 0 aromatic heterocycles. The van der Waals surface area contributed by atoms with Crippen molar-refractivity contribution in [1.29, 1.82) is 0 Å². The Morgan fingerprint density at radius 1 is 1.42 bits per heavy atom. The van der Waals surface area contributed by atoms with E-state index < -0.39 is 0 Å². The van der Waals surface area contributed by atoms with Crippen molar-refractivity contribution in [2.45, 2.75) is 32.6 Å². The summed E-state index contributed by atoms with van der Waals surface area (Å²) in [5, 5.41) is 10.2. The lowest BCUT2D eigenvalue weighted by Gasteiger charge is -2.32. The predicted molar refractivity (Wildman–Crippen MR) is 76.7 cm³/mol. The number of rotatable bonds is 3. The molecule has 1 saturated heterocycles. The zero-order valence-electron chi connectivity index (χ0n) is 11.2. The van der Waals surface area contributed by atoms with E-state index >= 15 is 0 Å².